The Kier molecular flexibility index (Phi) is 12.2. The molecule has 0 spiro atoms. The smallest absolute Gasteiger partial charge is 0.223 e. The van der Waals surface area contributed by atoms with E-state index in [0.717, 1.165) is 74.1 Å². The molecule has 0 aliphatic rings. The van der Waals surface area contributed by atoms with Gasteiger partial charge in [0.05, 0.1) is 24.5 Å². The van der Waals surface area contributed by atoms with Crippen LogP contribution in [0, 0.1) is 11.8 Å². The van der Waals surface area contributed by atoms with Crippen LogP contribution < -0.4 is 10.6 Å². The predicted molar refractivity (Wildman–Crippen MR) is 170 cm³/mol. The van der Waals surface area contributed by atoms with Gasteiger partial charge in [0, 0.05) is 24.9 Å². The van der Waals surface area contributed by atoms with E-state index < -0.39 is 0 Å². The second-order valence-corrected chi connectivity index (χ2v) is 11.9. The van der Waals surface area contributed by atoms with E-state index in [2.05, 4.69) is 31.3 Å². The van der Waals surface area contributed by atoms with E-state index >= 15 is 0 Å². The van der Waals surface area contributed by atoms with Crippen molar-refractivity contribution in [3.8, 4) is 0 Å². The molecule has 4 rings (SSSR count). The molecule has 0 bridgehead atoms. The average Bonchev–Trinajstić information content (AvgIpc) is 3.70. The number of nitrogens with one attached hydrogen (secondary N) is 2. The molecule has 0 radical (unpaired) electrons. The molecule has 2 N–H and O–H groups in total. The number of carbonyl (C=O) groups excluding carboxylic acids is 2. The van der Waals surface area contributed by atoms with Gasteiger partial charge < -0.3 is 10.6 Å². The number of aromatic nitrogens is 6. The summed E-state index contributed by atoms with van der Waals surface area (Å²) < 4.78 is 3.75. The summed E-state index contributed by atoms with van der Waals surface area (Å²) in [5.41, 5.74) is 3.48. The summed E-state index contributed by atoms with van der Waals surface area (Å²) in [6.07, 6.45) is 10.5. The van der Waals surface area contributed by atoms with Gasteiger partial charge in [-0.3, -0.25) is 19.0 Å². The molecule has 44 heavy (non-hydrogen) atoms. The van der Waals surface area contributed by atoms with E-state index in [1.54, 1.807) is 0 Å². The summed E-state index contributed by atoms with van der Waals surface area (Å²) >= 11 is 0. The van der Waals surface area contributed by atoms with Crippen molar-refractivity contribution in [3.05, 3.63) is 95.6 Å². The van der Waals surface area contributed by atoms with Gasteiger partial charge in [0.25, 0.3) is 0 Å². The second kappa shape index (κ2) is 16.5. The van der Waals surface area contributed by atoms with Gasteiger partial charge in [0.1, 0.15) is 11.4 Å². The van der Waals surface area contributed by atoms with Crippen LogP contribution in [-0.4, -0.2) is 41.8 Å². The molecule has 2 heterocycles. The fourth-order valence-electron chi connectivity index (χ4n) is 4.93. The Bertz CT molecular complexity index is 1320. The van der Waals surface area contributed by atoms with Crippen LogP contribution in [-0.2, 0) is 22.7 Å². The molecule has 2 atom stereocenters. The summed E-state index contributed by atoms with van der Waals surface area (Å²) in [4.78, 5) is 24.9. The van der Waals surface area contributed by atoms with E-state index in [9.17, 15) is 9.59 Å². The van der Waals surface area contributed by atoms with Crippen molar-refractivity contribution in [1.29, 1.82) is 0 Å². The maximum absolute atomic E-state index is 12.5. The lowest BCUT2D eigenvalue weighted by molar-refractivity contribution is -0.125. The molecule has 234 valence electrons. The van der Waals surface area contributed by atoms with Gasteiger partial charge in [-0.15, -0.1) is 10.2 Å². The number of rotatable bonds is 17. The highest BCUT2D eigenvalue weighted by Gasteiger charge is 2.22. The van der Waals surface area contributed by atoms with Crippen molar-refractivity contribution < 1.29 is 9.59 Å². The molecule has 0 saturated carbocycles. The van der Waals surface area contributed by atoms with Crippen LogP contribution in [0.3, 0.4) is 0 Å². The Labute approximate surface area is 260 Å². The Morgan fingerprint density at radius 3 is 1.32 bits per heavy atom. The number of carbonyl (C=O) groups is 2. The van der Waals surface area contributed by atoms with Crippen LogP contribution in [0.4, 0.5) is 0 Å². The van der Waals surface area contributed by atoms with E-state index in [4.69, 9.17) is 0 Å². The maximum atomic E-state index is 12.5. The van der Waals surface area contributed by atoms with E-state index in [1.807, 2.05) is 110 Å². The predicted octanol–water partition coefficient (Wildman–Crippen LogP) is 5.63. The molecule has 0 fully saturated rings. The van der Waals surface area contributed by atoms with Crippen LogP contribution in [0.25, 0.3) is 0 Å². The van der Waals surface area contributed by atoms with Gasteiger partial charge in [-0.05, 0) is 24.0 Å². The molecule has 0 aliphatic heterocycles. The van der Waals surface area contributed by atoms with Crippen molar-refractivity contribution in [2.24, 2.45) is 11.8 Å². The third kappa shape index (κ3) is 9.59. The van der Waals surface area contributed by atoms with Gasteiger partial charge >= 0.3 is 0 Å². The highest BCUT2D eigenvalue weighted by Crippen LogP contribution is 2.22. The van der Waals surface area contributed by atoms with E-state index in [0.29, 0.717) is 0 Å². The first-order valence-electron chi connectivity index (χ1n) is 15.8. The van der Waals surface area contributed by atoms with Gasteiger partial charge in [-0.1, -0.05) is 124 Å². The minimum absolute atomic E-state index is 0.0100. The molecular formula is C34H46N8O2. The summed E-state index contributed by atoms with van der Waals surface area (Å²) in [5, 5.41) is 23.7. The lowest BCUT2D eigenvalue weighted by atomic mass is 10.0. The van der Waals surface area contributed by atoms with Crippen molar-refractivity contribution in [2.75, 3.05) is 0 Å². The molecular weight excluding hydrogens is 552 g/mol. The number of hydrogen-bond acceptors (Lipinski definition) is 6. The molecule has 10 heteroatoms. The zero-order valence-electron chi connectivity index (χ0n) is 26.4. The zero-order chi connectivity index (χ0) is 31.3. The van der Waals surface area contributed by atoms with Gasteiger partial charge in [-0.25, -0.2) is 0 Å². The topological polar surface area (TPSA) is 120 Å². The quantitative estimate of drug-likeness (QED) is 0.152. The maximum Gasteiger partial charge on any atom is 0.223 e. The van der Waals surface area contributed by atoms with Crippen molar-refractivity contribution in [1.82, 2.24) is 40.6 Å². The second-order valence-electron chi connectivity index (χ2n) is 11.9. The van der Waals surface area contributed by atoms with E-state index in [-0.39, 0.29) is 35.7 Å². The molecule has 2 unspecified atom stereocenters. The number of nitrogens with zero attached hydrogens (tertiary/aromatic N) is 6. The monoisotopic (exact) mass is 598 g/mol. The number of hydrogen-bond donors (Lipinski definition) is 2. The van der Waals surface area contributed by atoms with Crippen molar-refractivity contribution in [2.45, 2.75) is 91.4 Å². The Morgan fingerprint density at radius 1 is 0.591 bits per heavy atom. The Hall–Kier alpha value is -4.34. The van der Waals surface area contributed by atoms with Gasteiger partial charge in [0.2, 0.25) is 11.8 Å². The lowest BCUT2D eigenvalue weighted by Crippen LogP contribution is -2.32. The minimum Gasteiger partial charge on any atom is -0.343 e. The first-order valence-corrected chi connectivity index (χ1v) is 15.8. The largest absolute Gasteiger partial charge is 0.343 e. The van der Waals surface area contributed by atoms with Crippen LogP contribution in [0.1, 0.15) is 101 Å². The Morgan fingerprint density at radius 2 is 0.955 bits per heavy atom. The summed E-state index contributed by atoms with van der Waals surface area (Å²) in [6.45, 7) is 9.14. The third-order valence-electron chi connectivity index (χ3n) is 7.62. The van der Waals surface area contributed by atoms with Gasteiger partial charge in [0.15, 0.2) is 0 Å². The molecule has 4 aromatic rings. The summed E-state index contributed by atoms with van der Waals surface area (Å²) in [7, 11) is 0. The molecule has 0 saturated heterocycles. The number of aryl methyl sites for hydroxylation is 2. The fourth-order valence-corrected chi connectivity index (χ4v) is 4.93. The van der Waals surface area contributed by atoms with Crippen LogP contribution in [0.5, 0.6) is 0 Å². The summed E-state index contributed by atoms with van der Waals surface area (Å²) in [6, 6.07) is 19.2. The highest BCUT2D eigenvalue weighted by molar-refractivity contribution is 5.79. The third-order valence-corrected chi connectivity index (χ3v) is 7.62. The van der Waals surface area contributed by atoms with Crippen LogP contribution in [0.2, 0.25) is 0 Å². The van der Waals surface area contributed by atoms with Gasteiger partial charge in [-0.2, -0.15) is 0 Å². The molecule has 2 aromatic heterocycles. The fraction of sp³-hybridized carbons (Fsp3) is 0.471. The standard InChI is InChI=1S/C34H46N8O2/c1-25(2)33(43)35-31(27-17-11-9-12-18-27)29-23-41(39-37-29)21-15-7-5-6-8-16-22-42-24-30(38-40-42)32(36-34(44)26(3)4)28-19-13-10-14-20-28/h9-14,17-20,23-26,31-32H,5-8,15-16,21-22H2,1-4H3,(H,35,43)(H,36,44). The molecule has 2 aromatic carbocycles. The number of amides is 2. The zero-order valence-corrected chi connectivity index (χ0v) is 26.4. The minimum atomic E-state index is -0.316. The first-order chi connectivity index (χ1) is 21.3. The normalized spacial score (nSPS) is 12.8. The van der Waals surface area contributed by atoms with Crippen LogP contribution in [0.15, 0.2) is 73.1 Å². The molecule has 10 nitrogen and oxygen atoms in total. The van der Waals surface area contributed by atoms with Crippen molar-refractivity contribution in [3.63, 3.8) is 0 Å². The number of unbranched alkanes of at least 4 members (excludes halogenated alkanes) is 5. The summed E-state index contributed by atoms with van der Waals surface area (Å²) in [5.74, 6) is -0.241. The Balaban J connectivity index is 1.18. The first kappa shape index (κ1) is 32.6. The van der Waals surface area contributed by atoms with Crippen molar-refractivity contribution >= 4 is 11.8 Å². The average molecular weight is 599 g/mol. The van der Waals surface area contributed by atoms with E-state index in [1.165, 1.54) is 0 Å². The van der Waals surface area contributed by atoms with Crippen LogP contribution >= 0.6 is 0 Å². The molecule has 2 amide bonds. The lowest BCUT2D eigenvalue weighted by Gasteiger charge is -2.18. The molecule has 0 aliphatic carbocycles. The highest BCUT2D eigenvalue weighted by atomic mass is 16.2. The SMILES string of the molecule is CC(C)C(=O)NC(c1ccccc1)c1cn(CCCCCCCCn2cc(C(NC(=O)C(C)C)c3ccccc3)nn2)nn1. The number of benzene rings is 2.